The molecule has 5 nitrogen and oxygen atoms in total. The standard InChI is InChI=1S/C12H12N2O3/c15-11-6-10(7-12(16)17)13-14(11)8-9-4-2-1-3-5-9/h1-6,15H,7-8H2,(H,16,17). The Labute approximate surface area is 97.9 Å². The highest BCUT2D eigenvalue weighted by atomic mass is 16.4. The van der Waals surface area contributed by atoms with Gasteiger partial charge < -0.3 is 10.2 Å². The fourth-order valence-corrected chi connectivity index (χ4v) is 1.57. The first-order chi connectivity index (χ1) is 8.15. The number of hydrogen-bond donors (Lipinski definition) is 2. The number of aromatic hydroxyl groups is 1. The van der Waals surface area contributed by atoms with E-state index in [0.29, 0.717) is 12.2 Å². The monoisotopic (exact) mass is 232 g/mol. The minimum atomic E-state index is -0.964. The van der Waals surface area contributed by atoms with Crippen LogP contribution >= 0.6 is 0 Å². The summed E-state index contributed by atoms with van der Waals surface area (Å²) in [6, 6.07) is 10.9. The van der Waals surface area contributed by atoms with Crippen LogP contribution in [0.1, 0.15) is 11.3 Å². The molecule has 0 radical (unpaired) electrons. The van der Waals surface area contributed by atoms with Gasteiger partial charge in [0.25, 0.3) is 0 Å². The van der Waals surface area contributed by atoms with Gasteiger partial charge in [-0.25, -0.2) is 4.68 Å². The molecule has 88 valence electrons. The van der Waals surface area contributed by atoms with Crippen molar-refractivity contribution in [1.29, 1.82) is 0 Å². The lowest BCUT2D eigenvalue weighted by Gasteiger charge is -2.02. The molecule has 1 aromatic heterocycles. The molecule has 5 heteroatoms. The molecular weight excluding hydrogens is 220 g/mol. The minimum Gasteiger partial charge on any atom is -0.493 e. The molecule has 0 fully saturated rings. The Morgan fingerprint density at radius 2 is 2.00 bits per heavy atom. The molecule has 2 N–H and O–H groups in total. The maximum Gasteiger partial charge on any atom is 0.309 e. The van der Waals surface area contributed by atoms with Crippen molar-refractivity contribution in [2.45, 2.75) is 13.0 Å². The number of carboxylic acid groups (broad SMARTS) is 1. The third kappa shape index (κ3) is 2.84. The highest BCUT2D eigenvalue weighted by molar-refractivity contribution is 5.69. The summed E-state index contributed by atoms with van der Waals surface area (Å²) in [4.78, 5) is 10.5. The van der Waals surface area contributed by atoms with Gasteiger partial charge in [-0.1, -0.05) is 30.3 Å². The van der Waals surface area contributed by atoms with Crippen LogP contribution in [0.15, 0.2) is 36.4 Å². The van der Waals surface area contributed by atoms with Crippen LogP contribution in [-0.4, -0.2) is 26.0 Å². The molecule has 0 unspecified atom stereocenters. The summed E-state index contributed by atoms with van der Waals surface area (Å²) >= 11 is 0. The van der Waals surface area contributed by atoms with E-state index in [1.807, 2.05) is 30.3 Å². The third-order valence-electron chi connectivity index (χ3n) is 2.32. The van der Waals surface area contributed by atoms with Crippen LogP contribution in [0, 0.1) is 0 Å². The van der Waals surface area contributed by atoms with Gasteiger partial charge in [0, 0.05) is 6.07 Å². The molecule has 2 aromatic rings. The smallest absolute Gasteiger partial charge is 0.309 e. The van der Waals surface area contributed by atoms with E-state index in [9.17, 15) is 9.90 Å². The second-order valence-corrected chi connectivity index (χ2v) is 3.71. The zero-order valence-corrected chi connectivity index (χ0v) is 9.08. The van der Waals surface area contributed by atoms with Crippen LogP contribution in [0.25, 0.3) is 0 Å². The van der Waals surface area contributed by atoms with Gasteiger partial charge in [0.1, 0.15) is 0 Å². The van der Waals surface area contributed by atoms with Crippen molar-refractivity contribution in [1.82, 2.24) is 9.78 Å². The van der Waals surface area contributed by atoms with Crippen molar-refractivity contribution >= 4 is 5.97 Å². The van der Waals surface area contributed by atoms with Crippen LogP contribution in [-0.2, 0) is 17.8 Å². The maximum absolute atomic E-state index is 10.5. The van der Waals surface area contributed by atoms with Crippen LogP contribution in [0.3, 0.4) is 0 Å². The molecule has 0 aliphatic carbocycles. The van der Waals surface area contributed by atoms with Gasteiger partial charge in [0.2, 0.25) is 5.88 Å². The van der Waals surface area contributed by atoms with E-state index in [1.165, 1.54) is 10.7 Å². The molecule has 2 rings (SSSR count). The van der Waals surface area contributed by atoms with Gasteiger partial charge in [-0.15, -0.1) is 0 Å². The second kappa shape index (κ2) is 4.69. The largest absolute Gasteiger partial charge is 0.493 e. The number of aliphatic carboxylic acids is 1. The highest BCUT2D eigenvalue weighted by Gasteiger charge is 2.09. The Kier molecular flexibility index (Phi) is 3.09. The fraction of sp³-hybridized carbons (Fsp3) is 0.167. The second-order valence-electron chi connectivity index (χ2n) is 3.71. The summed E-state index contributed by atoms with van der Waals surface area (Å²) in [5.74, 6) is -0.987. The van der Waals surface area contributed by atoms with Crippen molar-refractivity contribution in [3.05, 3.63) is 47.7 Å². The number of nitrogens with zero attached hydrogens (tertiary/aromatic N) is 2. The van der Waals surface area contributed by atoms with Gasteiger partial charge in [0.05, 0.1) is 18.7 Å². The average molecular weight is 232 g/mol. The van der Waals surface area contributed by atoms with Crippen LogP contribution in [0.5, 0.6) is 5.88 Å². The molecule has 0 saturated heterocycles. The van der Waals surface area contributed by atoms with E-state index in [-0.39, 0.29) is 12.3 Å². The van der Waals surface area contributed by atoms with Gasteiger partial charge in [-0.3, -0.25) is 4.79 Å². The van der Waals surface area contributed by atoms with Crippen LogP contribution < -0.4 is 0 Å². The number of benzene rings is 1. The molecule has 0 spiro atoms. The number of rotatable bonds is 4. The van der Waals surface area contributed by atoms with Gasteiger partial charge in [-0.2, -0.15) is 5.10 Å². The molecule has 0 bridgehead atoms. The van der Waals surface area contributed by atoms with Crippen molar-refractivity contribution in [2.24, 2.45) is 0 Å². The lowest BCUT2D eigenvalue weighted by Crippen LogP contribution is -2.04. The first-order valence-corrected chi connectivity index (χ1v) is 5.16. The van der Waals surface area contributed by atoms with Crippen molar-refractivity contribution in [3.8, 4) is 5.88 Å². The molecule has 0 atom stereocenters. The van der Waals surface area contributed by atoms with Gasteiger partial charge >= 0.3 is 5.97 Å². The summed E-state index contributed by atoms with van der Waals surface area (Å²) in [7, 11) is 0. The molecular formula is C12H12N2O3. The summed E-state index contributed by atoms with van der Waals surface area (Å²) in [6.07, 6.45) is -0.185. The van der Waals surface area contributed by atoms with Gasteiger partial charge in [0.15, 0.2) is 0 Å². The van der Waals surface area contributed by atoms with E-state index < -0.39 is 5.97 Å². The SMILES string of the molecule is O=C(O)Cc1cc(O)n(Cc2ccccc2)n1. The predicted octanol–water partition coefficient (Wildman–Crippen LogP) is 1.26. The molecule has 1 aromatic carbocycles. The topological polar surface area (TPSA) is 75.3 Å². The summed E-state index contributed by atoms with van der Waals surface area (Å²) in [6.45, 7) is 0.423. The van der Waals surface area contributed by atoms with E-state index in [0.717, 1.165) is 5.56 Å². The number of carbonyl (C=O) groups is 1. The van der Waals surface area contributed by atoms with E-state index in [4.69, 9.17) is 5.11 Å². The third-order valence-corrected chi connectivity index (χ3v) is 2.32. The Hall–Kier alpha value is -2.30. The number of hydrogen-bond acceptors (Lipinski definition) is 3. The van der Waals surface area contributed by atoms with E-state index in [2.05, 4.69) is 5.10 Å². The highest BCUT2D eigenvalue weighted by Crippen LogP contribution is 2.14. The Morgan fingerprint density at radius 3 is 2.65 bits per heavy atom. The molecule has 1 heterocycles. The van der Waals surface area contributed by atoms with Crippen molar-refractivity contribution < 1.29 is 15.0 Å². The first kappa shape index (κ1) is 11.2. The zero-order chi connectivity index (χ0) is 12.3. The number of aromatic nitrogens is 2. The number of carboxylic acids is 1. The molecule has 0 amide bonds. The average Bonchev–Trinajstić information content (AvgIpc) is 2.59. The summed E-state index contributed by atoms with van der Waals surface area (Å²) in [5.41, 5.74) is 1.35. The Balaban J connectivity index is 2.16. The van der Waals surface area contributed by atoms with E-state index >= 15 is 0 Å². The normalized spacial score (nSPS) is 10.4. The van der Waals surface area contributed by atoms with Crippen molar-refractivity contribution in [2.75, 3.05) is 0 Å². The Morgan fingerprint density at radius 1 is 1.29 bits per heavy atom. The van der Waals surface area contributed by atoms with Crippen LogP contribution in [0.2, 0.25) is 0 Å². The van der Waals surface area contributed by atoms with Crippen molar-refractivity contribution in [3.63, 3.8) is 0 Å². The summed E-state index contributed by atoms with van der Waals surface area (Å²) in [5, 5.41) is 22.3. The molecule has 0 aliphatic heterocycles. The lowest BCUT2D eigenvalue weighted by atomic mass is 10.2. The van der Waals surface area contributed by atoms with E-state index in [1.54, 1.807) is 0 Å². The molecule has 0 aliphatic rings. The quantitative estimate of drug-likeness (QED) is 0.832. The molecule has 17 heavy (non-hydrogen) atoms. The first-order valence-electron chi connectivity index (χ1n) is 5.16. The molecule has 0 saturated carbocycles. The van der Waals surface area contributed by atoms with Gasteiger partial charge in [-0.05, 0) is 5.56 Å². The lowest BCUT2D eigenvalue weighted by molar-refractivity contribution is -0.136. The summed E-state index contributed by atoms with van der Waals surface area (Å²) < 4.78 is 1.38. The van der Waals surface area contributed by atoms with Crippen LogP contribution in [0.4, 0.5) is 0 Å². The zero-order valence-electron chi connectivity index (χ0n) is 9.08. The Bertz CT molecular complexity index is 520. The predicted molar refractivity (Wildman–Crippen MR) is 60.8 cm³/mol. The fourth-order valence-electron chi connectivity index (χ4n) is 1.57. The minimum absolute atomic E-state index is 0.0231. The maximum atomic E-state index is 10.5.